The number of rotatable bonds is 0. The van der Waals surface area contributed by atoms with E-state index in [0.29, 0.717) is 16.3 Å². The molecule has 15 heavy (non-hydrogen) atoms. The Morgan fingerprint density at radius 1 is 1.33 bits per heavy atom. The van der Waals surface area contributed by atoms with Crippen molar-refractivity contribution in [1.29, 1.82) is 0 Å². The van der Waals surface area contributed by atoms with Gasteiger partial charge >= 0.3 is 5.97 Å². The lowest BCUT2D eigenvalue weighted by Gasteiger charge is -2.02. The molecule has 1 aliphatic rings. The highest BCUT2D eigenvalue weighted by molar-refractivity contribution is 6.31. The molecule has 3 rings (SSSR count). The second kappa shape index (κ2) is 2.94. The van der Waals surface area contributed by atoms with E-state index in [1.54, 1.807) is 0 Å². The summed E-state index contributed by atoms with van der Waals surface area (Å²) in [4.78, 5) is 15.7. The Morgan fingerprint density at radius 3 is 3.00 bits per heavy atom. The number of benzene rings is 1. The van der Waals surface area contributed by atoms with E-state index in [1.807, 2.05) is 24.3 Å². The number of ether oxygens (including phenoxy) is 1. The molecule has 0 spiro atoms. The predicted octanol–water partition coefficient (Wildman–Crippen LogP) is 2.56. The van der Waals surface area contributed by atoms with Crippen molar-refractivity contribution in [3.8, 4) is 0 Å². The number of cyclic esters (lactones) is 1. The Kier molecular flexibility index (Phi) is 1.70. The molecular formula is C11H6ClNO2. The molecule has 0 N–H and O–H groups in total. The lowest BCUT2D eigenvalue weighted by molar-refractivity contribution is 0.0536. The minimum atomic E-state index is -0.314. The summed E-state index contributed by atoms with van der Waals surface area (Å²) in [5.41, 5.74) is 1.98. The molecule has 0 saturated carbocycles. The van der Waals surface area contributed by atoms with E-state index in [9.17, 15) is 4.79 Å². The molecule has 4 heteroatoms. The molecule has 0 atom stereocenters. The van der Waals surface area contributed by atoms with Crippen LogP contribution in [0.4, 0.5) is 0 Å². The fraction of sp³-hybridized carbons (Fsp3) is 0.0909. The van der Waals surface area contributed by atoms with Crippen molar-refractivity contribution in [2.75, 3.05) is 0 Å². The lowest BCUT2D eigenvalue weighted by Crippen LogP contribution is -1.96. The Bertz CT molecular complexity index is 580. The third kappa shape index (κ3) is 1.13. The Morgan fingerprint density at radius 2 is 2.13 bits per heavy atom. The fourth-order valence-electron chi connectivity index (χ4n) is 1.80. The molecule has 3 nitrogen and oxygen atoms in total. The summed E-state index contributed by atoms with van der Waals surface area (Å²) in [5, 5.41) is 1.16. The molecular weight excluding hydrogens is 214 g/mol. The van der Waals surface area contributed by atoms with Gasteiger partial charge in [0.1, 0.15) is 11.8 Å². The summed E-state index contributed by atoms with van der Waals surface area (Å²) in [5.74, 6) is -0.314. The van der Waals surface area contributed by atoms with Crippen LogP contribution in [-0.4, -0.2) is 11.0 Å². The van der Waals surface area contributed by atoms with Crippen molar-refractivity contribution < 1.29 is 9.53 Å². The summed E-state index contributed by atoms with van der Waals surface area (Å²) in [6.45, 7) is 0.227. The van der Waals surface area contributed by atoms with Gasteiger partial charge in [-0.25, -0.2) is 9.78 Å². The number of hydrogen-bond acceptors (Lipinski definition) is 3. The van der Waals surface area contributed by atoms with E-state index in [1.165, 1.54) is 0 Å². The first-order valence-corrected chi connectivity index (χ1v) is 4.89. The quantitative estimate of drug-likeness (QED) is 0.505. The number of fused-ring (bicyclic) bond motifs is 3. The smallest absolute Gasteiger partial charge is 0.339 e. The highest BCUT2D eigenvalue weighted by atomic mass is 35.5. The van der Waals surface area contributed by atoms with Crippen molar-refractivity contribution >= 4 is 28.5 Å². The summed E-state index contributed by atoms with van der Waals surface area (Å²) < 4.78 is 4.95. The topological polar surface area (TPSA) is 39.2 Å². The second-order valence-electron chi connectivity index (χ2n) is 3.35. The minimum Gasteiger partial charge on any atom is -0.457 e. The van der Waals surface area contributed by atoms with Gasteiger partial charge in [-0.05, 0) is 6.07 Å². The van der Waals surface area contributed by atoms with Crippen molar-refractivity contribution in [2.45, 2.75) is 6.61 Å². The normalized spacial score (nSPS) is 14.1. The average Bonchev–Trinajstić information content (AvgIpc) is 2.62. The van der Waals surface area contributed by atoms with Gasteiger partial charge < -0.3 is 4.74 Å². The van der Waals surface area contributed by atoms with E-state index in [-0.39, 0.29) is 12.6 Å². The average molecular weight is 220 g/mol. The molecule has 1 aliphatic heterocycles. The van der Waals surface area contributed by atoms with Crippen LogP contribution in [-0.2, 0) is 11.3 Å². The molecule has 0 fully saturated rings. The molecule has 74 valence electrons. The van der Waals surface area contributed by atoms with Crippen molar-refractivity contribution in [3.05, 3.63) is 40.5 Å². The highest BCUT2D eigenvalue weighted by Crippen LogP contribution is 2.31. The molecule has 0 bridgehead atoms. The van der Waals surface area contributed by atoms with Gasteiger partial charge in [-0.2, -0.15) is 0 Å². The van der Waals surface area contributed by atoms with Crippen LogP contribution >= 0.6 is 11.6 Å². The number of esters is 1. The number of nitrogens with zero attached hydrogens (tertiary/aromatic N) is 1. The zero-order chi connectivity index (χ0) is 10.4. The third-order valence-electron chi connectivity index (χ3n) is 2.49. The van der Waals surface area contributed by atoms with E-state index < -0.39 is 0 Å². The zero-order valence-electron chi connectivity index (χ0n) is 7.66. The molecule has 0 unspecified atom stereocenters. The van der Waals surface area contributed by atoms with E-state index >= 15 is 0 Å². The molecule has 2 heterocycles. The molecule has 0 amide bonds. The molecule has 0 radical (unpaired) electrons. The number of hydrogen-bond donors (Lipinski definition) is 0. The van der Waals surface area contributed by atoms with Gasteiger partial charge in [0.15, 0.2) is 0 Å². The van der Waals surface area contributed by atoms with Crippen LogP contribution < -0.4 is 0 Å². The molecule has 0 aliphatic carbocycles. The van der Waals surface area contributed by atoms with Gasteiger partial charge in [0.2, 0.25) is 0 Å². The number of carbonyl (C=O) groups excluding carboxylic acids is 1. The van der Waals surface area contributed by atoms with Crippen LogP contribution in [0.15, 0.2) is 24.3 Å². The highest BCUT2D eigenvalue weighted by Gasteiger charge is 2.27. The molecule has 2 aromatic rings. The van der Waals surface area contributed by atoms with Gasteiger partial charge in [0, 0.05) is 10.9 Å². The summed E-state index contributed by atoms with van der Waals surface area (Å²) in [6.07, 6.45) is 0. The summed E-state index contributed by atoms with van der Waals surface area (Å²) >= 11 is 5.97. The predicted molar refractivity (Wildman–Crippen MR) is 55.9 cm³/mol. The number of halogens is 1. The maximum Gasteiger partial charge on any atom is 0.339 e. The Balaban J connectivity index is 2.51. The standard InChI is InChI=1S/C11H6ClNO2/c12-10-7-5-15-11(14)9(7)6-3-1-2-4-8(6)13-10/h1-4H,5H2. The lowest BCUT2D eigenvalue weighted by atomic mass is 10.1. The summed E-state index contributed by atoms with van der Waals surface area (Å²) in [6, 6.07) is 7.40. The summed E-state index contributed by atoms with van der Waals surface area (Å²) in [7, 11) is 0. The number of carbonyl (C=O) groups is 1. The van der Waals surface area contributed by atoms with Crippen LogP contribution in [0.1, 0.15) is 15.9 Å². The fourth-order valence-corrected chi connectivity index (χ4v) is 2.04. The van der Waals surface area contributed by atoms with Crippen LogP contribution in [0.3, 0.4) is 0 Å². The maximum atomic E-state index is 11.5. The van der Waals surface area contributed by atoms with E-state index in [4.69, 9.17) is 16.3 Å². The van der Waals surface area contributed by atoms with Crippen molar-refractivity contribution in [3.63, 3.8) is 0 Å². The van der Waals surface area contributed by atoms with Crippen LogP contribution in [0, 0.1) is 0 Å². The Labute approximate surface area is 90.6 Å². The van der Waals surface area contributed by atoms with Crippen molar-refractivity contribution in [2.24, 2.45) is 0 Å². The SMILES string of the molecule is O=C1OCc2c(Cl)nc3ccccc3c21. The van der Waals surface area contributed by atoms with Crippen molar-refractivity contribution in [1.82, 2.24) is 4.98 Å². The van der Waals surface area contributed by atoms with Gasteiger partial charge in [-0.1, -0.05) is 29.8 Å². The Hall–Kier alpha value is -1.61. The van der Waals surface area contributed by atoms with Crippen LogP contribution in [0.2, 0.25) is 5.15 Å². The monoisotopic (exact) mass is 219 g/mol. The third-order valence-corrected chi connectivity index (χ3v) is 2.81. The minimum absolute atomic E-state index is 0.227. The number of aromatic nitrogens is 1. The maximum absolute atomic E-state index is 11.5. The van der Waals surface area contributed by atoms with E-state index in [2.05, 4.69) is 4.98 Å². The zero-order valence-corrected chi connectivity index (χ0v) is 8.41. The van der Waals surface area contributed by atoms with Gasteiger partial charge in [0.25, 0.3) is 0 Å². The van der Waals surface area contributed by atoms with E-state index in [0.717, 1.165) is 10.9 Å². The van der Waals surface area contributed by atoms with Crippen LogP contribution in [0.25, 0.3) is 10.9 Å². The van der Waals surface area contributed by atoms with Gasteiger partial charge in [-0.3, -0.25) is 0 Å². The van der Waals surface area contributed by atoms with Crippen LogP contribution in [0.5, 0.6) is 0 Å². The number of pyridine rings is 1. The molecule has 1 aromatic carbocycles. The first-order valence-electron chi connectivity index (χ1n) is 4.51. The first kappa shape index (κ1) is 8.68. The van der Waals surface area contributed by atoms with Gasteiger partial charge in [-0.15, -0.1) is 0 Å². The first-order chi connectivity index (χ1) is 7.27. The second-order valence-corrected chi connectivity index (χ2v) is 3.71. The largest absolute Gasteiger partial charge is 0.457 e. The molecule has 0 saturated heterocycles. The number of para-hydroxylation sites is 1. The molecule has 1 aromatic heterocycles. The van der Waals surface area contributed by atoms with Gasteiger partial charge in [0.05, 0.1) is 11.1 Å².